The molecule has 5 nitrogen and oxygen atoms in total. The Balaban J connectivity index is 1.65. The van der Waals surface area contributed by atoms with Gasteiger partial charge in [0.15, 0.2) is 16.7 Å². The van der Waals surface area contributed by atoms with Crippen molar-refractivity contribution in [3.05, 3.63) is 92.3 Å². The molecule has 0 aliphatic carbocycles. The van der Waals surface area contributed by atoms with E-state index in [9.17, 15) is 4.79 Å². The average Bonchev–Trinajstić information content (AvgIpc) is 3.12. The molecule has 4 rings (SSSR count). The monoisotopic (exact) mass is 526 g/mol. The summed E-state index contributed by atoms with van der Waals surface area (Å²) in [7, 11) is 3.31. The summed E-state index contributed by atoms with van der Waals surface area (Å²) in [5.74, 6) is 0.947. The molecule has 1 aliphatic heterocycles. The van der Waals surface area contributed by atoms with Gasteiger partial charge in [0.05, 0.1) is 17.7 Å². The molecular formula is C27H24Cl2N2O3S. The van der Waals surface area contributed by atoms with Gasteiger partial charge in [-0.1, -0.05) is 66.5 Å². The Labute approximate surface area is 219 Å². The predicted octanol–water partition coefficient (Wildman–Crippen LogP) is 7.38. The van der Waals surface area contributed by atoms with E-state index in [4.69, 9.17) is 37.7 Å². The number of rotatable bonds is 7. The smallest absolute Gasteiger partial charge is 0.266 e. The van der Waals surface area contributed by atoms with Crippen molar-refractivity contribution in [3.63, 3.8) is 0 Å². The summed E-state index contributed by atoms with van der Waals surface area (Å²) in [6, 6.07) is 18.7. The lowest BCUT2D eigenvalue weighted by Gasteiger charge is -2.14. The molecule has 0 N–H and O–H groups in total. The number of para-hydroxylation sites is 2. The lowest BCUT2D eigenvalue weighted by Crippen LogP contribution is -2.23. The molecule has 0 radical (unpaired) electrons. The largest absolute Gasteiger partial charge is 0.493 e. The lowest BCUT2D eigenvalue weighted by atomic mass is 10.1. The van der Waals surface area contributed by atoms with Gasteiger partial charge in [0, 0.05) is 28.2 Å². The van der Waals surface area contributed by atoms with Crippen molar-refractivity contribution in [3.8, 4) is 11.5 Å². The van der Waals surface area contributed by atoms with Gasteiger partial charge < -0.3 is 9.47 Å². The van der Waals surface area contributed by atoms with Crippen LogP contribution in [0.5, 0.6) is 11.5 Å². The van der Waals surface area contributed by atoms with Crippen LogP contribution >= 0.6 is 35.0 Å². The molecule has 3 aromatic rings. The van der Waals surface area contributed by atoms with E-state index in [0.717, 1.165) is 23.2 Å². The second kappa shape index (κ2) is 11.2. The molecule has 0 atom stereocenters. The number of amidine groups is 1. The number of benzene rings is 3. The molecule has 8 heteroatoms. The fourth-order valence-electron chi connectivity index (χ4n) is 3.57. The van der Waals surface area contributed by atoms with Crippen molar-refractivity contribution < 1.29 is 14.3 Å². The number of carbonyl (C=O) groups excluding carboxylic acids is 1. The SMILES string of the molecule is CCc1ccccc1N=C1S/C(=C/c2cccc(OC)c2OCc2ccc(Cl)cc2Cl)C(=O)N1C. The molecule has 0 saturated carbocycles. The maximum Gasteiger partial charge on any atom is 0.266 e. The molecule has 1 amide bonds. The predicted molar refractivity (Wildman–Crippen MR) is 145 cm³/mol. The molecule has 0 unspecified atom stereocenters. The standard InChI is InChI=1S/C27H24Cl2N2O3S/c1-4-17-8-5-6-10-22(17)30-27-31(2)26(32)24(35-27)14-18-9-7-11-23(33-3)25(18)34-16-19-12-13-20(28)15-21(19)29/h5-15H,4,16H2,1-3H3/b24-14+,30-27?. The molecule has 35 heavy (non-hydrogen) atoms. The van der Waals surface area contributed by atoms with Crippen molar-refractivity contribution in [2.24, 2.45) is 4.99 Å². The van der Waals surface area contributed by atoms with Gasteiger partial charge in [-0.3, -0.25) is 9.69 Å². The van der Waals surface area contributed by atoms with E-state index in [-0.39, 0.29) is 12.5 Å². The van der Waals surface area contributed by atoms with Crippen LogP contribution in [0.2, 0.25) is 10.0 Å². The van der Waals surface area contributed by atoms with Gasteiger partial charge in [-0.15, -0.1) is 0 Å². The molecule has 0 bridgehead atoms. The Morgan fingerprint density at radius 1 is 1.06 bits per heavy atom. The summed E-state index contributed by atoms with van der Waals surface area (Å²) in [6.07, 6.45) is 2.67. The molecule has 1 heterocycles. The molecule has 0 spiro atoms. The van der Waals surface area contributed by atoms with Gasteiger partial charge in [-0.2, -0.15) is 0 Å². The maximum atomic E-state index is 13.0. The summed E-state index contributed by atoms with van der Waals surface area (Å²) in [5, 5.41) is 1.70. The first kappa shape index (κ1) is 25.2. The number of halogens is 2. The van der Waals surface area contributed by atoms with Gasteiger partial charge in [0.25, 0.3) is 5.91 Å². The quantitative estimate of drug-likeness (QED) is 0.301. The van der Waals surface area contributed by atoms with Crippen molar-refractivity contribution in [2.75, 3.05) is 14.2 Å². The van der Waals surface area contributed by atoms with Crippen LogP contribution < -0.4 is 9.47 Å². The minimum Gasteiger partial charge on any atom is -0.493 e. The van der Waals surface area contributed by atoms with Gasteiger partial charge in [0.1, 0.15) is 6.61 Å². The molecule has 0 aromatic heterocycles. The third kappa shape index (κ3) is 5.67. The summed E-state index contributed by atoms with van der Waals surface area (Å²) in [5.41, 5.74) is 3.50. The number of likely N-dealkylation sites (N-methyl/N-ethyl adjacent to an activating group) is 1. The van der Waals surface area contributed by atoms with E-state index in [1.165, 1.54) is 11.8 Å². The molecule has 3 aromatic carbocycles. The number of carbonyl (C=O) groups is 1. The number of hydrogen-bond acceptors (Lipinski definition) is 5. The fourth-order valence-corrected chi connectivity index (χ4v) is 5.00. The summed E-state index contributed by atoms with van der Waals surface area (Å²) in [6.45, 7) is 2.30. The first-order valence-electron chi connectivity index (χ1n) is 11.0. The molecular weight excluding hydrogens is 503 g/mol. The fraction of sp³-hybridized carbons (Fsp3) is 0.185. The Bertz CT molecular complexity index is 1320. The van der Waals surface area contributed by atoms with Crippen molar-refractivity contribution in [1.82, 2.24) is 4.90 Å². The second-order valence-corrected chi connectivity index (χ2v) is 9.61. The lowest BCUT2D eigenvalue weighted by molar-refractivity contribution is -0.121. The van der Waals surface area contributed by atoms with Crippen LogP contribution in [0.15, 0.2) is 70.6 Å². The number of aryl methyl sites for hydroxylation is 1. The zero-order valence-corrected chi connectivity index (χ0v) is 21.9. The van der Waals surface area contributed by atoms with Crippen molar-refractivity contribution in [1.29, 1.82) is 0 Å². The third-order valence-electron chi connectivity index (χ3n) is 5.50. The van der Waals surface area contributed by atoms with E-state index in [0.29, 0.717) is 37.2 Å². The number of aliphatic imine (C=N–C) groups is 1. The molecule has 1 fully saturated rings. The summed E-state index contributed by atoms with van der Waals surface area (Å²) < 4.78 is 11.7. The molecule has 1 aliphatic rings. The van der Waals surface area contributed by atoms with E-state index < -0.39 is 0 Å². The average molecular weight is 527 g/mol. The van der Waals surface area contributed by atoms with Gasteiger partial charge in [-0.05, 0) is 54.1 Å². The summed E-state index contributed by atoms with van der Waals surface area (Å²) >= 11 is 13.6. The highest BCUT2D eigenvalue weighted by molar-refractivity contribution is 8.18. The van der Waals surface area contributed by atoms with Crippen LogP contribution in [-0.4, -0.2) is 30.1 Å². The Kier molecular flexibility index (Phi) is 8.06. The number of thioether (sulfide) groups is 1. The minimum absolute atomic E-state index is 0.128. The van der Waals surface area contributed by atoms with E-state index in [1.54, 1.807) is 37.3 Å². The topological polar surface area (TPSA) is 51.1 Å². The zero-order chi connectivity index (χ0) is 24.9. The highest BCUT2D eigenvalue weighted by Gasteiger charge is 2.31. The van der Waals surface area contributed by atoms with Crippen LogP contribution in [0.4, 0.5) is 5.69 Å². The number of ether oxygens (including phenoxy) is 2. The van der Waals surface area contributed by atoms with Crippen LogP contribution in [0.1, 0.15) is 23.6 Å². The Hall–Kier alpha value is -2.93. The van der Waals surface area contributed by atoms with Gasteiger partial charge in [-0.25, -0.2) is 4.99 Å². The van der Waals surface area contributed by atoms with Crippen molar-refractivity contribution >= 4 is 57.8 Å². The second-order valence-electron chi connectivity index (χ2n) is 7.75. The van der Waals surface area contributed by atoms with Crippen molar-refractivity contribution in [2.45, 2.75) is 20.0 Å². The highest BCUT2D eigenvalue weighted by Crippen LogP contribution is 2.38. The molecule has 180 valence electrons. The Morgan fingerprint density at radius 2 is 1.86 bits per heavy atom. The van der Waals surface area contributed by atoms with Gasteiger partial charge in [0.2, 0.25) is 0 Å². The minimum atomic E-state index is -0.128. The van der Waals surface area contributed by atoms with Crippen LogP contribution in [0, 0.1) is 0 Å². The van der Waals surface area contributed by atoms with Crippen LogP contribution in [0.3, 0.4) is 0 Å². The maximum absolute atomic E-state index is 13.0. The van der Waals surface area contributed by atoms with Gasteiger partial charge >= 0.3 is 0 Å². The first-order valence-corrected chi connectivity index (χ1v) is 12.6. The van der Waals surface area contributed by atoms with E-state index in [2.05, 4.69) is 6.92 Å². The normalized spacial score (nSPS) is 15.8. The van der Waals surface area contributed by atoms with E-state index >= 15 is 0 Å². The van der Waals surface area contributed by atoms with E-state index in [1.807, 2.05) is 48.5 Å². The van der Waals surface area contributed by atoms with Crippen LogP contribution in [0.25, 0.3) is 6.08 Å². The number of amides is 1. The zero-order valence-electron chi connectivity index (χ0n) is 19.5. The molecule has 1 saturated heterocycles. The highest BCUT2D eigenvalue weighted by atomic mass is 35.5. The number of hydrogen-bond donors (Lipinski definition) is 0. The number of methoxy groups -OCH3 is 1. The number of nitrogens with zero attached hydrogens (tertiary/aromatic N) is 2. The van der Waals surface area contributed by atoms with Crippen LogP contribution in [-0.2, 0) is 17.8 Å². The first-order chi connectivity index (χ1) is 16.9. The Morgan fingerprint density at radius 3 is 2.60 bits per heavy atom. The summed E-state index contributed by atoms with van der Waals surface area (Å²) in [4.78, 5) is 19.9. The third-order valence-corrected chi connectivity index (χ3v) is 7.14.